The van der Waals surface area contributed by atoms with Crippen LogP contribution < -0.4 is 5.32 Å². The maximum Gasteiger partial charge on any atom is 0.305 e. The van der Waals surface area contributed by atoms with E-state index in [0.717, 1.165) is 25.8 Å². The van der Waals surface area contributed by atoms with E-state index in [-0.39, 0.29) is 12.3 Å². The van der Waals surface area contributed by atoms with Gasteiger partial charge in [-0.15, -0.1) is 0 Å². The molecule has 2 N–H and O–H groups in total. The van der Waals surface area contributed by atoms with Crippen LogP contribution in [0.4, 0.5) is 0 Å². The summed E-state index contributed by atoms with van der Waals surface area (Å²) < 4.78 is 0. The molecule has 1 heterocycles. The summed E-state index contributed by atoms with van der Waals surface area (Å²) in [6.45, 7) is 5.51. The highest BCUT2D eigenvalue weighted by molar-refractivity contribution is 5.86. The number of nitrogens with one attached hydrogen (secondary N) is 1. The number of hydrogen-bond donors (Lipinski definition) is 2. The minimum atomic E-state index is -0.863. The van der Waals surface area contributed by atoms with Crippen molar-refractivity contribution in [1.29, 1.82) is 0 Å². The molecule has 1 fully saturated rings. The Morgan fingerprint density at radius 2 is 2.12 bits per heavy atom. The summed E-state index contributed by atoms with van der Waals surface area (Å²) in [5.74, 6) is -0.834. The number of carboxylic acid groups (broad SMARTS) is 1. The highest BCUT2D eigenvalue weighted by Gasteiger charge is 2.36. The molecule has 0 bridgehead atoms. The lowest BCUT2D eigenvalue weighted by Gasteiger charge is -2.37. The van der Waals surface area contributed by atoms with E-state index in [1.807, 2.05) is 13.8 Å². The second kappa shape index (κ2) is 6.00. The number of carbonyl (C=O) groups is 2. The van der Waals surface area contributed by atoms with Gasteiger partial charge in [-0.3, -0.25) is 9.59 Å². The van der Waals surface area contributed by atoms with Crippen LogP contribution in [0.2, 0.25) is 0 Å². The van der Waals surface area contributed by atoms with E-state index in [0.29, 0.717) is 13.1 Å². The fourth-order valence-electron chi connectivity index (χ4n) is 2.22. The number of hydrogen-bond acceptors (Lipinski definition) is 3. The second-order valence-corrected chi connectivity index (χ2v) is 4.74. The van der Waals surface area contributed by atoms with Crippen LogP contribution >= 0.6 is 0 Å². The summed E-state index contributed by atoms with van der Waals surface area (Å²) >= 11 is 0. The molecule has 0 aromatic rings. The Bertz CT molecular complexity index is 285. The van der Waals surface area contributed by atoms with E-state index in [1.165, 1.54) is 0 Å². The lowest BCUT2D eigenvalue weighted by atomic mass is 9.89. The first kappa shape index (κ1) is 14.0. The summed E-state index contributed by atoms with van der Waals surface area (Å²) in [7, 11) is 0. The molecule has 1 aliphatic rings. The molecular formula is C12H22N2O3. The molecule has 5 heteroatoms. The molecule has 17 heavy (non-hydrogen) atoms. The van der Waals surface area contributed by atoms with E-state index in [4.69, 9.17) is 5.11 Å². The number of rotatable bonds is 5. The van der Waals surface area contributed by atoms with Gasteiger partial charge < -0.3 is 15.3 Å². The molecule has 1 amide bonds. The Balaban J connectivity index is 2.60. The van der Waals surface area contributed by atoms with E-state index < -0.39 is 11.5 Å². The van der Waals surface area contributed by atoms with Crippen molar-refractivity contribution in [3.63, 3.8) is 0 Å². The standard InChI is InChI=1S/C12H22N2O3/c1-3-14(9-6-10(15)16)11(17)12(2)7-4-5-8-13-12/h13H,3-9H2,1-2H3,(H,15,16). The Hall–Kier alpha value is -1.10. The summed E-state index contributed by atoms with van der Waals surface area (Å²) in [5.41, 5.74) is -0.507. The van der Waals surface area contributed by atoms with Crippen LogP contribution in [-0.2, 0) is 9.59 Å². The molecule has 0 radical (unpaired) electrons. The van der Waals surface area contributed by atoms with E-state index in [2.05, 4.69) is 5.32 Å². The number of carbonyl (C=O) groups excluding carboxylic acids is 1. The van der Waals surface area contributed by atoms with Crippen molar-refractivity contribution in [3.8, 4) is 0 Å². The topological polar surface area (TPSA) is 69.6 Å². The summed E-state index contributed by atoms with van der Waals surface area (Å²) in [6.07, 6.45) is 2.99. The second-order valence-electron chi connectivity index (χ2n) is 4.74. The van der Waals surface area contributed by atoms with Crippen LogP contribution in [0.3, 0.4) is 0 Å². The largest absolute Gasteiger partial charge is 0.481 e. The third-order valence-electron chi connectivity index (χ3n) is 3.36. The average molecular weight is 242 g/mol. The molecule has 1 atom stereocenters. The van der Waals surface area contributed by atoms with E-state index in [1.54, 1.807) is 4.90 Å². The van der Waals surface area contributed by atoms with Crippen molar-refractivity contribution in [2.45, 2.75) is 45.1 Å². The summed E-state index contributed by atoms with van der Waals surface area (Å²) in [6, 6.07) is 0. The monoisotopic (exact) mass is 242 g/mol. The molecule has 0 aromatic heterocycles. The minimum Gasteiger partial charge on any atom is -0.481 e. The van der Waals surface area contributed by atoms with Crippen LogP contribution in [0, 0.1) is 0 Å². The zero-order valence-electron chi connectivity index (χ0n) is 10.7. The van der Waals surface area contributed by atoms with Crippen molar-refractivity contribution >= 4 is 11.9 Å². The van der Waals surface area contributed by atoms with Crippen molar-refractivity contribution in [1.82, 2.24) is 10.2 Å². The molecular weight excluding hydrogens is 220 g/mol. The third-order valence-corrected chi connectivity index (χ3v) is 3.36. The molecule has 1 aliphatic heterocycles. The quantitative estimate of drug-likeness (QED) is 0.749. The molecule has 1 saturated heterocycles. The third kappa shape index (κ3) is 3.70. The van der Waals surface area contributed by atoms with Crippen molar-refractivity contribution in [2.75, 3.05) is 19.6 Å². The van der Waals surface area contributed by atoms with Gasteiger partial charge in [-0.05, 0) is 39.7 Å². The Labute approximate surface area is 102 Å². The fourth-order valence-corrected chi connectivity index (χ4v) is 2.22. The number of nitrogens with zero attached hydrogens (tertiary/aromatic N) is 1. The highest BCUT2D eigenvalue weighted by atomic mass is 16.4. The zero-order valence-corrected chi connectivity index (χ0v) is 10.7. The number of likely N-dealkylation sites (N-methyl/N-ethyl adjacent to an activating group) is 1. The number of aliphatic carboxylic acids is 1. The van der Waals surface area contributed by atoms with Gasteiger partial charge in [-0.1, -0.05) is 0 Å². The number of carboxylic acids is 1. The Morgan fingerprint density at radius 3 is 2.59 bits per heavy atom. The van der Waals surface area contributed by atoms with Gasteiger partial charge in [0.15, 0.2) is 0 Å². The predicted octanol–water partition coefficient (Wildman–Crippen LogP) is 0.842. The maximum absolute atomic E-state index is 12.3. The average Bonchev–Trinajstić information content (AvgIpc) is 2.30. The van der Waals surface area contributed by atoms with Gasteiger partial charge >= 0.3 is 5.97 Å². The van der Waals surface area contributed by atoms with Crippen molar-refractivity contribution in [3.05, 3.63) is 0 Å². The van der Waals surface area contributed by atoms with E-state index in [9.17, 15) is 9.59 Å². The SMILES string of the molecule is CCN(CCC(=O)O)C(=O)C1(C)CCCCN1. The van der Waals surface area contributed by atoms with Gasteiger partial charge in [0.1, 0.15) is 0 Å². The Morgan fingerprint density at radius 1 is 1.41 bits per heavy atom. The Kier molecular flexibility index (Phi) is 4.93. The number of amides is 1. The fraction of sp³-hybridized carbons (Fsp3) is 0.833. The van der Waals surface area contributed by atoms with Crippen molar-refractivity contribution < 1.29 is 14.7 Å². The van der Waals surface area contributed by atoms with Gasteiger partial charge in [0.25, 0.3) is 0 Å². The first-order valence-electron chi connectivity index (χ1n) is 6.26. The van der Waals surface area contributed by atoms with Gasteiger partial charge in [-0.25, -0.2) is 0 Å². The van der Waals surface area contributed by atoms with Gasteiger partial charge in [-0.2, -0.15) is 0 Å². The molecule has 0 aromatic carbocycles. The molecule has 1 unspecified atom stereocenters. The highest BCUT2D eigenvalue weighted by Crippen LogP contribution is 2.21. The molecule has 1 rings (SSSR count). The minimum absolute atomic E-state index is 0.00958. The van der Waals surface area contributed by atoms with E-state index >= 15 is 0 Å². The van der Waals surface area contributed by atoms with Crippen LogP contribution in [-0.4, -0.2) is 47.1 Å². The smallest absolute Gasteiger partial charge is 0.305 e. The first-order chi connectivity index (χ1) is 7.99. The normalized spacial score (nSPS) is 24.4. The lowest BCUT2D eigenvalue weighted by Crippen LogP contribution is -2.58. The van der Waals surface area contributed by atoms with Crippen LogP contribution in [0.15, 0.2) is 0 Å². The molecule has 0 aliphatic carbocycles. The molecule has 0 saturated carbocycles. The van der Waals surface area contributed by atoms with Crippen LogP contribution in [0.25, 0.3) is 0 Å². The zero-order chi connectivity index (χ0) is 12.9. The van der Waals surface area contributed by atoms with Gasteiger partial charge in [0.05, 0.1) is 12.0 Å². The van der Waals surface area contributed by atoms with Crippen molar-refractivity contribution in [2.24, 2.45) is 0 Å². The van der Waals surface area contributed by atoms with Gasteiger partial charge in [0, 0.05) is 13.1 Å². The lowest BCUT2D eigenvalue weighted by molar-refractivity contribution is -0.141. The first-order valence-corrected chi connectivity index (χ1v) is 6.26. The molecule has 0 spiro atoms. The maximum atomic E-state index is 12.3. The summed E-state index contributed by atoms with van der Waals surface area (Å²) in [4.78, 5) is 24.5. The number of piperidine rings is 1. The molecule has 5 nitrogen and oxygen atoms in total. The summed E-state index contributed by atoms with van der Waals surface area (Å²) in [5, 5.41) is 11.9. The van der Waals surface area contributed by atoms with Crippen LogP contribution in [0.1, 0.15) is 39.5 Å². The van der Waals surface area contributed by atoms with Gasteiger partial charge in [0.2, 0.25) is 5.91 Å². The predicted molar refractivity (Wildman–Crippen MR) is 64.8 cm³/mol. The van der Waals surface area contributed by atoms with Crippen LogP contribution in [0.5, 0.6) is 0 Å². The molecule has 98 valence electrons.